The van der Waals surface area contributed by atoms with Crippen LogP contribution in [0, 0.1) is 0 Å². The lowest BCUT2D eigenvalue weighted by atomic mass is 10.0. The highest BCUT2D eigenvalue weighted by Gasteiger charge is 2.19. The average molecular weight is 350 g/mol. The molecule has 0 bridgehead atoms. The maximum Gasteiger partial charge on any atom is 0.119 e. The zero-order chi connectivity index (χ0) is 17.6. The predicted octanol–water partition coefficient (Wildman–Crippen LogP) is 4.93. The van der Waals surface area contributed by atoms with Gasteiger partial charge in [0, 0.05) is 11.2 Å². The summed E-state index contributed by atoms with van der Waals surface area (Å²) in [6.07, 6.45) is 0.304. The van der Waals surface area contributed by atoms with Gasteiger partial charge in [0.1, 0.15) is 11.9 Å². The first-order valence-corrected chi connectivity index (χ1v) is 9.64. The molecular weight excluding hydrogens is 327 g/mol. The molecule has 3 atom stereocenters. The van der Waals surface area contributed by atoms with Crippen LogP contribution in [0.1, 0.15) is 41.8 Å². The van der Waals surface area contributed by atoms with Crippen molar-refractivity contribution >= 4 is 13.9 Å². The van der Waals surface area contributed by atoms with Gasteiger partial charge in [0.2, 0.25) is 0 Å². The molecule has 0 fully saturated rings. The number of aliphatic hydroxyl groups is 1. The average Bonchev–Trinajstić information content (AvgIpc) is 2.67. The molecule has 25 heavy (non-hydrogen) atoms. The Morgan fingerprint density at radius 3 is 2.08 bits per heavy atom. The minimum atomic E-state index is -0.633. The van der Waals surface area contributed by atoms with E-state index in [0.717, 1.165) is 28.4 Å². The maximum absolute atomic E-state index is 10.8. The molecule has 0 radical (unpaired) electrons. The Hall–Kier alpha value is -2.15. The first-order valence-electron chi connectivity index (χ1n) is 8.57. The number of hydrogen-bond acceptors (Lipinski definition) is 2. The van der Waals surface area contributed by atoms with Gasteiger partial charge in [0.05, 0.1) is 0 Å². The van der Waals surface area contributed by atoms with Gasteiger partial charge in [-0.2, -0.15) is 0 Å². The van der Waals surface area contributed by atoms with Crippen molar-refractivity contribution in [1.82, 2.24) is 0 Å². The summed E-state index contributed by atoms with van der Waals surface area (Å²) >= 11 is 0. The molecule has 3 aromatic carbocycles. The van der Waals surface area contributed by atoms with Crippen LogP contribution < -0.4 is 5.30 Å². The summed E-state index contributed by atoms with van der Waals surface area (Å²) in [6, 6.07) is 25.4. The second-order valence-electron chi connectivity index (χ2n) is 6.06. The molecule has 0 saturated carbocycles. The van der Waals surface area contributed by atoms with E-state index in [-0.39, 0.29) is 5.66 Å². The standard InChI is InChI=1S/C22H23O2P/c1-2-20(17-12-6-8-14-19(17)23)25-21-15-9-7-13-18(21)22(24)16-10-4-3-5-11-16/h3-15,20,22-25H,2H2,1H3. The van der Waals surface area contributed by atoms with Crippen molar-refractivity contribution in [2.45, 2.75) is 25.1 Å². The number of aromatic hydroxyl groups is 1. The van der Waals surface area contributed by atoms with Gasteiger partial charge >= 0.3 is 0 Å². The van der Waals surface area contributed by atoms with Crippen LogP contribution in [0.3, 0.4) is 0 Å². The van der Waals surface area contributed by atoms with Gasteiger partial charge in [-0.25, -0.2) is 0 Å². The number of aliphatic hydroxyl groups excluding tert-OH is 1. The van der Waals surface area contributed by atoms with Gasteiger partial charge in [0.15, 0.2) is 0 Å². The van der Waals surface area contributed by atoms with Crippen molar-refractivity contribution in [1.29, 1.82) is 0 Å². The normalized spacial score (nSPS) is 13.8. The van der Waals surface area contributed by atoms with E-state index in [4.69, 9.17) is 0 Å². The summed E-state index contributed by atoms with van der Waals surface area (Å²) in [5.74, 6) is 0.350. The fourth-order valence-electron chi connectivity index (χ4n) is 3.05. The number of benzene rings is 3. The molecule has 0 heterocycles. The van der Waals surface area contributed by atoms with Gasteiger partial charge in [0.25, 0.3) is 0 Å². The van der Waals surface area contributed by atoms with Crippen LogP contribution in [0.15, 0.2) is 78.9 Å². The summed E-state index contributed by atoms with van der Waals surface area (Å²) in [7, 11) is 0.486. The van der Waals surface area contributed by atoms with Crippen molar-refractivity contribution in [3.63, 3.8) is 0 Å². The van der Waals surface area contributed by atoms with E-state index in [1.54, 1.807) is 6.07 Å². The van der Waals surface area contributed by atoms with E-state index in [2.05, 4.69) is 13.0 Å². The van der Waals surface area contributed by atoms with Gasteiger partial charge < -0.3 is 10.2 Å². The van der Waals surface area contributed by atoms with Crippen LogP contribution in [0.25, 0.3) is 0 Å². The highest BCUT2D eigenvalue weighted by molar-refractivity contribution is 7.47. The Morgan fingerprint density at radius 2 is 1.40 bits per heavy atom. The molecule has 128 valence electrons. The third-order valence-corrected chi connectivity index (χ3v) is 6.25. The van der Waals surface area contributed by atoms with E-state index in [1.165, 1.54) is 0 Å². The lowest BCUT2D eigenvalue weighted by Crippen LogP contribution is -2.12. The molecule has 0 aromatic heterocycles. The Morgan fingerprint density at radius 1 is 0.800 bits per heavy atom. The third kappa shape index (κ3) is 4.10. The molecule has 0 amide bonds. The van der Waals surface area contributed by atoms with Crippen LogP contribution >= 0.6 is 8.58 Å². The Bertz CT molecular complexity index is 817. The zero-order valence-electron chi connectivity index (χ0n) is 14.3. The summed E-state index contributed by atoms with van der Waals surface area (Å²) in [5, 5.41) is 22.2. The molecule has 0 aliphatic heterocycles. The molecule has 3 unspecified atom stereocenters. The fourth-order valence-corrected chi connectivity index (χ4v) is 4.61. The number of rotatable bonds is 6. The zero-order valence-corrected chi connectivity index (χ0v) is 15.3. The van der Waals surface area contributed by atoms with Crippen LogP contribution in [-0.4, -0.2) is 10.2 Å². The smallest absolute Gasteiger partial charge is 0.119 e. The highest BCUT2D eigenvalue weighted by Crippen LogP contribution is 2.42. The van der Waals surface area contributed by atoms with Crippen molar-refractivity contribution in [2.24, 2.45) is 0 Å². The van der Waals surface area contributed by atoms with Crippen molar-refractivity contribution < 1.29 is 10.2 Å². The quantitative estimate of drug-likeness (QED) is 0.619. The molecule has 0 aliphatic rings. The molecule has 2 nitrogen and oxygen atoms in total. The summed E-state index contributed by atoms with van der Waals surface area (Å²) in [5.41, 5.74) is 3.06. The van der Waals surface area contributed by atoms with Crippen molar-refractivity contribution in [3.05, 3.63) is 95.6 Å². The van der Waals surface area contributed by atoms with Crippen LogP contribution in [0.2, 0.25) is 0 Å². The fraction of sp³-hybridized carbons (Fsp3) is 0.182. The lowest BCUT2D eigenvalue weighted by Gasteiger charge is -2.21. The van der Waals surface area contributed by atoms with Crippen LogP contribution in [-0.2, 0) is 0 Å². The van der Waals surface area contributed by atoms with Gasteiger partial charge in [-0.15, -0.1) is 0 Å². The molecule has 2 N–H and O–H groups in total. The maximum atomic E-state index is 10.8. The first kappa shape index (κ1) is 17.7. The number of hydrogen-bond donors (Lipinski definition) is 2. The Kier molecular flexibility index (Phi) is 5.86. The number of para-hydroxylation sites is 1. The SMILES string of the molecule is CCC(Pc1ccccc1C(O)c1ccccc1)c1ccccc1O. The molecular formula is C22H23O2P. The minimum Gasteiger partial charge on any atom is -0.508 e. The van der Waals surface area contributed by atoms with E-state index >= 15 is 0 Å². The molecule has 3 aromatic rings. The molecule has 0 aliphatic carbocycles. The number of phenols is 1. The summed E-state index contributed by atoms with van der Waals surface area (Å²) < 4.78 is 0. The van der Waals surface area contributed by atoms with Gasteiger partial charge in [-0.05, 0) is 28.9 Å². The third-order valence-electron chi connectivity index (χ3n) is 4.42. The second kappa shape index (κ2) is 8.29. The predicted molar refractivity (Wildman–Crippen MR) is 106 cm³/mol. The van der Waals surface area contributed by atoms with Gasteiger partial charge in [-0.3, -0.25) is 0 Å². The summed E-state index contributed by atoms with van der Waals surface area (Å²) in [6.45, 7) is 2.14. The molecule has 0 saturated heterocycles. The Labute approximate surface area is 151 Å². The van der Waals surface area contributed by atoms with E-state index in [0.29, 0.717) is 14.3 Å². The monoisotopic (exact) mass is 350 g/mol. The van der Waals surface area contributed by atoms with E-state index < -0.39 is 6.10 Å². The molecule has 3 rings (SSSR count). The lowest BCUT2D eigenvalue weighted by molar-refractivity contribution is 0.221. The summed E-state index contributed by atoms with van der Waals surface area (Å²) in [4.78, 5) is 0. The Balaban J connectivity index is 1.92. The molecule has 0 spiro atoms. The van der Waals surface area contributed by atoms with Crippen molar-refractivity contribution in [3.8, 4) is 5.75 Å². The first-order chi connectivity index (χ1) is 12.2. The van der Waals surface area contributed by atoms with Crippen LogP contribution in [0.5, 0.6) is 5.75 Å². The molecule has 3 heteroatoms. The number of phenolic OH excluding ortho intramolecular Hbond substituents is 1. The topological polar surface area (TPSA) is 40.5 Å². The second-order valence-corrected chi connectivity index (χ2v) is 7.59. The minimum absolute atomic E-state index is 0.241. The largest absolute Gasteiger partial charge is 0.508 e. The van der Waals surface area contributed by atoms with E-state index in [9.17, 15) is 10.2 Å². The highest BCUT2D eigenvalue weighted by atomic mass is 31.1. The van der Waals surface area contributed by atoms with E-state index in [1.807, 2.05) is 66.7 Å². The van der Waals surface area contributed by atoms with Crippen LogP contribution in [0.4, 0.5) is 0 Å². The van der Waals surface area contributed by atoms with Crippen molar-refractivity contribution in [2.75, 3.05) is 0 Å². The van der Waals surface area contributed by atoms with Gasteiger partial charge in [-0.1, -0.05) is 88.3 Å².